The Morgan fingerprint density at radius 3 is 1.73 bits per heavy atom. The molecule has 0 bridgehead atoms. The Morgan fingerprint density at radius 2 is 1.40 bits per heavy atom. The summed E-state index contributed by atoms with van der Waals surface area (Å²) in [7, 11) is 0. The molecular weight excluding hydrogens is 396 g/mol. The summed E-state index contributed by atoms with van der Waals surface area (Å²) in [5.74, 6) is -1.74. The second kappa shape index (κ2) is 16.8. The van der Waals surface area contributed by atoms with Crippen LogP contribution in [-0.2, 0) is 19.2 Å². The smallest absolute Gasteiger partial charge is 0.303 e. The molecule has 0 spiro atoms. The number of isocyanates is 2. The van der Waals surface area contributed by atoms with Gasteiger partial charge in [-0.25, -0.2) is 9.59 Å². The van der Waals surface area contributed by atoms with Gasteiger partial charge in [0.05, 0.1) is 24.6 Å². The van der Waals surface area contributed by atoms with Gasteiger partial charge in [-0.2, -0.15) is 9.98 Å². The number of unbranched alkanes of at least 4 members (excludes halogenated alkanes) is 1. The van der Waals surface area contributed by atoms with Gasteiger partial charge in [-0.3, -0.25) is 9.59 Å². The highest BCUT2D eigenvalue weighted by atomic mass is 16.4. The molecule has 0 unspecified atom stereocenters. The van der Waals surface area contributed by atoms with Gasteiger partial charge < -0.3 is 20.4 Å². The van der Waals surface area contributed by atoms with Gasteiger partial charge in [0.15, 0.2) is 0 Å². The Hall–Kier alpha value is -3.16. The van der Waals surface area contributed by atoms with Crippen LogP contribution in [0.1, 0.15) is 45.1 Å². The molecule has 0 atom stereocenters. The van der Waals surface area contributed by atoms with Crippen molar-refractivity contribution in [2.24, 2.45) is 15.4 Å². The molecule has 0 aliphatic carbocycles. The molecule has 0 saturated heterocycles. The van der Waals surface area contributed by atoms with Crippen LogP contribution in [-0.4, -0.2) is 57.7 Å². The summed E-state index contributed by atoms with van der Waals surface area (Å²) in [5.41, 5.74) is 1.41. The molecule has 0 radical (unpaired) electrons. The first kappa shape index (κ1) is 29.0. The van der Waals surface area contributed by atoms with E-state index >= 15 is 0 Å². The maximum absolute atomic E-state index is 10.00. The number of carboxylic acids is 2. The number of carbonyl (C=O) groups is 2. The molecular formula is C20H28N2O8. The molecule has 10 heteroatoms. The summed E-state index contributed by atoms with van der Waals surface area (Å²) in [6, 6.07) is 4.88. The van der Waals surface area contributed by atoms with Crippen molar-refractivity contribution in [1.29, 1.82) is 0 Å². The van der Waals surface area contributed by atoms with Gasteiger partial charge in [0, 0.05) is 18.3 Å². The lowest BCUT2D eigenvalue weighted by molar-refractivity contribution is -0.139. The van der Waals surface area contributed by atoms with Crippen molar-refractivity contribution < 1.29 is 39.6 Å². The maximum atomic E-state index is 10.00. The summed E-state index contributed by atoms with van der Waals surface area (Å²) in [6.07, 6.45) is 3.85. The molecule has 166 valence electrons. The summed E-state index contributed by atoms with van der Waals surface area (Å²) in [4.78, 5) is 46.6. The highest BCUT2D eigenvalue weighted by molar-refractivity contribution is 5.68. The van der Waals surface area contributed by atoms with E-state index in [0.717, 1.165) is 5.56 Å². The number of aliphatic hydroxyl groups excluding tert-OH is 2. The van der Waals surface area contributed by atoms with E-state index in [1.165, 1.54) is 18.2 Å². The van der Waals surface area contributed by atoms with Gasteiger partial charge in [0.25, 0.3) is 0 Å². The summed E-state index contributed by atoms with van der Waals surface area (Å²) in [6.45, 7) is 5.48. The minimum absolute atomic E-state index is 0.0451. The van der Waals surface area contributed by atoms with E-state index in [1.807, 2.05) is 0 Å². The van der Waals surface area contributed by atoms with E-state index in [0.29, 0.717) is 24.2 Å². The molecule has 0 aromatic heterocycles. The first-order chi connectivity index (χ1) is 14.0. The molecule has 10 nitrogen and oxygen atoms in total. The van der Waals surface area contributed by atoms with E-state index in [1.54, 1.807) is 32.9 Å². The Bertz CT molecular complexity index is 742. The van der Waals surface area contributed by atoms with Crippen molar-refractivity contribution >= 4 is 35.5 Å². The van der Waals surface area contributed by atoms with Gasteiger partial charge in [-0.05, 0) is 37.5 Å². The maximum Gasteiger partial charge on any atom is 0.303 e. The molecule has 4 N–H and O–H groups in total. The number of aliphatic carboxylic acids is 2. The van der Waals surface area contributed by atoms with Gasteiger partial charge >= 0.3 is 11.9 Å². The zero-order valence-corrected chi connectivity index (χ0v) is 17.3. The Kier molecular flexibility index (Phi) is 16.2. The first-order valence-corrected chi connectivity index (χ1v) is 8.94. The normalized spacial score (nSPS) is 9.50. The van der Waals surface area contributed by atoms with Crippen LogP contribution in [0.25, 0.3) is 0 Å². The van der Waals surface area contributed by atoms with Crippen LogP contribution in [0, 0.1) is 12.3 Å². The third-order valence-electron chi connectivity index (χ3n) is 3.42. The summed E-state index contributed by atoms with van der Waals surface area (Å²) >= 11 is 0. The lowest BCUT2D eigenvalue weighted by atomic mass is 9.97. The van der Waals surface area contributed by atoms with Gasteiger partial charge in [0.1, 0.15) is 0 Å². The average molecular weight is 424 g/mol. The number of benzene rings is 1. The Morgan fingerprint density at radius 1 is 0.933 bits per heavy atom. The first-order valence-electron chi connectivity index (χ1n) is 8.94. The number of aryl methyl sites for hydroxylation is 1. The number of carbonyl (C=O) groups excluding carboxylic acids is 2. The van der Waals surface area contributed by atoms with Crippen molar-refractivity contribution in [1.82, 2.24) is 0 Å². The largest absolute Gasteiger partial charge is 0.481 e. The fourth-order valence-corrected chi connectivity index (χ4v) is 1.49. The highest BCUT2D eigenvalue weighted by Gasteiger charge is 2.13. The van der Waals surface area contributed by atoms with Crippen LogP contribution >= 0.6 is 0 Å². The minimum atomic E-state index is -0.870. The van der Waals surface area contributed by atoms with E-state index in [2.05, 4.69) is 9.98 Å². The lowest BCUT2D eigenvalue weighted by Gasteiger charge is -2.16. The molecule has 0 aliphatic heterocycles. The van der Waals surface area contributed by atoms with Crippen LogP contribution in [0.3, 0.4) is 0 Å². The molecule has 1 rings (SSSR count). The van der Waals surface area contributed by atoms with E-state index < -0.39 is 11.9 Å². The summed E-state index contributed by atoms with van der Waals surface area (Å²) in [5, 5.41) is 33.1. The number of aliphatic imine (C=N–C) groups is 2. The molecule has 30 heavy (non-hydrogen) atoms. The third-order valence-corrected chi connectivity index (χ3v) is 3.42. The minimum Gasteiger partial charge on any atom is -0.481 e. The Labute approximate surface area is 174 Å². The second-order valence-corrected chi connectivity index (χ2v) is 6.85. The molecule has 0 saturated carbocycles. The quantitative estimate of drug-likeness (QED) is 0.266. The predicted octanol–water partition coefficient (Wildman–Crippen LogP) is 2.64. The molecule has 1 aromatic carbocycles. The predicted molar refractivity (Wildman–Crippen MR) is 108 cm³/mol. The van der Waals surface area contributed by atoms with Crippen LogP contribution in [0.4, 0.5) is 11.4 Å². The van der Waals surface area contributed by atoms with E-state index in [4.69, 9.17) is 20.4 Å². The van der Waals surface area contributed by atoms with Crippen LogP contribution in [0.5, 0.6) is 0 Å². The number of carboxylic acid groups (broad SMARTS) is 2. The van der Waals surface area contributed by atoms with Crippen molar-refractivity contribution in [3.8, 4) is 0 Å². The second-order valence-electron chi connectivity index (χ2n) is 6.85. The van der Waals surface area contributed by atoms with Crippen molar-refractivity contribution in [3.63, 3.8) is 0 Å². The SMILES string of the molecule is CC(C)(CO)CO.Cc1ccc(N=C=O)cc1N=C=O.O=C(O)CCCCC(=O)O. The number of nitrogens with zero attached hydrogens (tertiary/aromatic N) is 2. The zero-order chi connectivity index (χ0) is 23.6. The van der Waals surface area contributed by atoms with Crippen LogP contribution in [0.2, 0.25) is 0 Å². The molecule has 0 aliphatic rings. The monoisotopic (exact) mass is 424 g/mol. The van der Waals surface area contributed by atoms with Crippen molar-refractivity contribution in [2.45, 2.75) is 46.5 Å². The van der Waals surface area contributed by atoms with Crippen molar-refractivity contribution in [3.05, 3.63) is 23.8 Å². The molecule has 0 heterocycles. The topological polar surface area (TPSA) is 174 Å². The van der Waals surface area contributed by atoms with E-state index in [-0.39, 0.29) is 31.5 Å². The third kappa shape index (κ3) is 17.0. The zero-order valence-electron chi connectivity index (χ0n) is 17.3. The number of hydrogen-bond acceptors (Lipinski definition) is 8. The fourth-order valence-electron chi connectivity index (χ4n) is 1.49. The van der Waals surface area contributed by atoms with Gasteiger partial charge in [-0.1, -0.05) is 19.9 Å². The Balaban J connectivity index is 0. The summed E-state index contributed by atoms with van der Waals surface area (Å²) < 4.78 is 0. The highest BCUT2D eigenvalue weighted by Crippen LogP contribution is 2.23. The van der Waals surface area contributed by atoms with E-state index in [9.17, 15) is 19.2 Å². The number of rotatable bonds is 9. The van der Waals surface area contributed by atoms with Crippen LogP contribution in [0.15, 0.2) is 28.2 Å². The number of hydrogen-bond donors (Lipinski definition) is 4. The molecule has 0 amide bonds. The number of aliphatic hydroxyl groups is 2. The lowest BCUT2D eigenvalue weighted by Crippen LogP contribution is -2.20. The van der Waals surface area contributed by atoms with Gasteiger partial charge in [0.2, 0.25) is 12.2 Å². The molecule has 1 aromatic rings. The van der Waals surface area contributed by atoms with Crippen LogP contribution < -0.4 is 0 Å². The fraction of sp³-hybridized carbons (Fsp3) is 0.500. The van der Waals surface area contributed by atoms with Gasteiger partial charge in [-0.15, -0.1) is 0 Å². The molecule has 0 fully saturated rings. The average Bonchev–Trinajstić information content (AvgIpc) is 2.69. The standard InChI is InChI=1S/C9H6N2O2.C6H10O4.C5H12O2/c1-7-2-3-8(10-5-12)4-9(7)11-6-13;7-5(8)3-1-2-4-6(9)10;1-5(2,3-6)4-7/h2-4H,1H3;1-4H2,(H,7,8)(H,9,10);6-7H,3-4H2,1-2H3. The van der Waals surface area contributed by atoms with Crippen molar-refractivity contribution in [2.75, 3.05) is 13.2 Å².